The zero-order valence-corrected chi connectivity index (χ0v) is 9.66. The summed E-state index contributed by atoms with van der Waals surface area (Å²) in [6.07, 6.45) is 0. The number of nitrogens with one attached hydrogen (secondary N) is 1. The molecule has 1 heterocycles. The van der Waals surface area contributed by atoms with E-state index in [1.165, 1.54) is 0 Å². The van der Waals surface area contributed by atoms with Crippen molar-refractivity contribution < 1.29 is 14.6 Å². The average molecular weight is 239 g/mol. The van der Waals surface area contributed by atoms with Crippen molar-refractivity contribution in [3.63, 3.8) is 0 Å². The molecular formula is C11H13NO3S. The summed E-state index contributed by atoms with van der Waals surface area (Å²) >= 11 is 1.60. The topological polar surface area (TPSA) is 58.6 Å². The van der Waals surface area contributed by atoms with Gasteiger partial charge in [0.05, 0.1) is 12.5 Å². The molecule has 1 aromatic carbocycles. The number of methoxy groups -OCH3 is 1. The number of aliphatic carboxylic acids is 1. The number of hydrogen-bond donors (Lipinski definition) is 2. The zero-order chi connectivity index (χ0) is 11.5. The van der Waals surface area contributed by atoms with Crippen LogP contribution in [0.15, 0.2) is 24.3 Å². The van der Waals surface area contributed by atoms with E-state index in [9.17, 15) is 4.79 Å². The Balaban J connectivity index is 2.11. The summed E-state index contributed by atoms with van der Waals surface area (Å²) in [5.41, 5.74) is 1.05. The summed E-state index contributed by atoms with van der Waals surface area (Å²) in [5.74, 6) is 0.591. The summed E-state index contributed by atoms with van der Waals surface area (Å²) in [4.78, 5) is 10.8. The predicted molar refractivity (Wildman–Crippen MR) is 62.8 cm³/mol. The van der Waals surface area contributed by atoms with Crippen molar-refractivity contribution in [1.82, 2.24) is 5.32 Å². The molecule has 2 rings (SSSR count). The Morgan fingerprint density at radius 3 is 3.06 bits per heavy atom. The van der Waals surface area contributed by atoms with Crippen LogP contribution < -0.4 is 10.1 Å². The van der Waals surface area contributed by atoms with Gasteiger partial charge >= 0.3 is 5.97 Å². The van der Waals surface area contributed by atoms with Crippen molar-refractivity contribution in [3.8, 4) is 5.75 Å². The van der Waals surface area contributed by atoms with E-state index in [0.717, 1.165) is 11.3 Å². The Hall–Kier alpha value is -1.20. The van der Waals surface area contributed by atoms with Gasteiger partial charge in [-0.3, -0.25) is 10.1 Å². The molecule has 5 heteroatoms. The average Bonchev–Trinajstić information content (AvgIpc) is 2.78. The third kappa shape index (κ3) is 2.31. The Morgan fingerprint density at radius 1 is 1.62 bits per heavy atom. The van der Waals surface area contributed by atoms with Gasteiger partial charge in [0.2, 0.25) is 0 Å². The first-order valence-corrected chi connectivity index (χ1v) is 6.00. The van der Waals surface area contributed by atoms with Crippen LogP contribution in [0.5, 0.6) is 5.75 Å². The molecule has 2 atom stereocenters. The van der Waals surface area contributed by atoms with E-state index < -0.39 is 12.0 Å². The van der Waals surface area contributed by atoms with Crippen LogP contribution in [-0.2, 0) is 4.79 Å². The van der Waals surface area contributed by atoms with E-state index in [1.807, 2.05) is 24.3 Å². The molecule has 0 radical (unpaired) electrons. The van der Waals surface area contributed by atoms with Gasteiger partial charge in [-0.1, -0.05) is 12.1 Å². The monoisotopic (exact) mass is 239 g/mol. The molecule has 86 valence electrons. The number of rotatable bonds is 3. The second-order valence-corrected chi connectivity index (χ2v) is 4.69. The Kier molecular flexibility index (Phi) is 3.36. The lowest BCUT2D eigenvalue weighted by Crippen LogP contribution is -2.33. The van der Waals surface area contributed by atoms with E-state index in [4.69, 9.17) is 9.84 Å². The lowest BCUT2D eigenvalue weighted by Gasteiger charge is -2.12. The third-order valence-corrected chi connectivity index (χ3v) is 3.74. The van der Waals surface area contributed by atoms with Crippen LogP contribution >= 0.6 is 11.8 Å². The number of benzene rings is 1. The molecule has 4 nitrogen and oxygen atoms in total. The molecule has 0 spiro atoms. The summed E-state index contributed by atoms with van der Waals surface area (Å²) in [6.45, 7) is 0. The van der Waals surface area contributed by atoms with Crippen molar-refractivity contribution >= 4 is 17.7 Å². The van der Waals surface area contributed by atoms with Gasteiger partial charge in [0.15, 0.2) is 0 Å². The van der Waals surface area contributed by atoms with Crippen LogP contribution in [0, 0.1) is 0 Å². The van der Waals surface area contributed by atoms with Crippen LogP contribution in [0.1, 0.15) is 10.9 Å². The molecular weight excluding hydrogens is 226 g/mol. The molecule has 2 N–H and O–H groups in total. The Labute approximate surface area is 98.0 Å². The molecule has 0 amide bonds. The summed E-state index contributed by atoms with van der Waals surface area (Å²) in [6, 6.07) is 7.22. The number of thioether (sulfide) groups is 1. The number of ether oxygens (including phenoxy) is 1. The van der Waals surface area contributed by atoms with Gasteiger partial charge in [0, 0.05) is 5.75 Å². The van der Waals surface area contributed by atoms with E-state index in [1.54, 1.807) is 18.9 Å². The van der Waals surface area contributed by atoms with Gasteiger partial charge in [-0.25, -0.2) is 0 Å². The molecule has 0 aliphatic carbocycles. The van der Waals surface area contributed by atoms with E-state index >= 15 is 0 Å². The molecule has 16 heavy (non-hydrogen) atoms. The smallest absolute Gasteiger partial charge is 0.321 e. The largest absolute Gasteiger partial charge is 0.497 e. The minimum Gasteiger partial charge on any atom is -0.497 e. The molecule has 0 aromatic heterocycles. The van der Waals surface area contributed by atoms with Gasteiger partial charge in [-0.2, -0.15) is 0 Å². The first kappa shape index (κ1) is 11.3. The summed E-state index contributed by atoms with van der Waals surface area (Å²) in [7, 11) is 1.62. The number of carboxylic acid groups (broad SMARTS) is 1. The molecule has 1 fully saturated rings. The van der Waals surface area contributed by atoms with Crippen LogP contribution in [0.4, 0.5) is 0 Å². The SMILES string of the molecule is COc1cccc(C2NC(C(=O)O)CS2)c1. The molecule has 1 aromatic rings. The van der Waals surface area contributed by atoms with Crippen molar-refractivity contribution in [1.29, 1.82) is 0 Å². The first-order valence-electron chi connectivity index (χ1n) is 4.95. The quantitative estimate of drug-likeness (QED) is 0.836. The van der Waals surface area contributed by atoms with Crippen LogP contribution in [0.2, 0.25) is 0 Å². The third-order valence-electron chi connectivity index (χ3n) is 2.48. The zero-order valence-electron chi connectivity index (χ0n) is 8.84. The standard InChI is InChI=1S/C11H13NO3S/c1-15-8-4-2-3-7(5-8)10-12-9(6-16-10)11(13)14/h2-5,9-10,12H,6H2,1H3,(H,13,14). The molecule has 2 unspecified atom stereocenters. The molecule has 0 bridgehead atoms. The van der Waals surface area contributed by atoms with Crippen LogP contribution in [0.25, 0.3) is 0 Å². The molecule has 1 aliphatic rings. The van der Waals surface area contributed by atoms with Gasteiger partial charge in [-0.15, -0.1) is 11.8 Å². The normalized spacial score (nSPS) is 24.3. The van der Waals surface area contributed by atoms with Crippen molar-refractivity contribution in [2.45, 2.75) is 11.4 Å². The number of carbonyl (C=O) groups is 1. The fourth-order valence-corrected chi connectivity index (χ4v) is 2.83. The van der Waals surface area contributed by atoms with Crippen LogP contribution in [-0.4, -0.2) is 30.0 Å². The summed E-state index contributed by atoms with van der Waals surface area (Å²) < 4.78 is 5.14. The minimum absolute atomic E-state index is 0.0381. The lowest BCUT2D eigenvalue weighted by molar-refractivity contribution is -0.138. The highest BCUT2D eigenvalue weighted by molar-refractivity contribution is 7.99. The van der Waals surface area contributed by atoms with Gasteiger partial charge in [-0.05, 0) is 17.7 Å². The first-order chi connectivity index (χ1) is 7.70. The highest BCUT2D eigenvalue weighted by Crippen LogP contribution is 2.34. The van der Waals surface area contributed by atoms with Crippen LogP contribution in [0.3, 0.4) is 0 Å². The second kappa shape index (κ2) is 4.76. The number of hydrogen-bond acceptors (Lipinski definition) is 4. The second-order valence-electron chi connectivity index (χ2n) is 3.55. The predicted octanol–water partition coefficient (Wildman–Crippen LogP) is 1.48. The summed E-state index contributed by atoms with van der Waals surface area (Å²) in [5, 5.41) is 12.0. The highest BCUT2D eigenvalue weighted by Gasteiger charge is 2.30. The van der Waals surface area contributed by atoms with E-state index in [0.29, 0.717) is 5.75 Å². The van der Waals surface area contributed by atoms with E-state index in [2.05, 4.69) is 5.32 Å². The maximum absolute atomic E-state index is 10.8. The van der Waals surface area contributed by atoms with E-state index in [-0.39, 0.29) is 5.37 Å². The van der Waals surface area contributed by atoms with Crippen molar-refractivity contribution in [2.24, 2.45) is 0 Å². The molecule has 1 aliphatic heterocycles. The highest BCUT2D eigenvalue weighted by atomic mass is 32.2. The maximum atomic E-state index is 10.8. The van der Waals surface area contributed by atoms with Crippen molar-refractivity contribution in [2.75, 3.05) is 12.9 Å². The fourth-order valence-electron chi connectivity index (χ4n) is 1.61. The Bertz CT molecular complexity index is 397. The van der Waals surface area contributed by atoms with Gasteiger partial charge in [0.25, 0.3) is 0 Å². The van der Waals surface area contributed by atoms with Gasteiger partial charge < -0.3 is 9.84 Å². The maximum Gasteiger partial charge on any atom is 0.321 e. The Morgan fingerprint density at radius 2 is 2.44 bits per heavy atom. The molecule has 1 saturated heterocycles. The van der Waals surface area contributed by atoms with Crippen molar-refractivity contribution in [3.05, 3.63) is 29.8 Å². The van der Waals surface area contributed by atoms with Gasteiger partial charge in [0.1, 0.15) is 11.8 Å². The molecule has 0 saturated carbocycles. The number of carboxylic acids is 1. The lowest BCUT2D eigenvalue weighted by atomic mass is 10.2. The fraction of sp³-hybridized carbons (Fsp3) is 0.364. The minimum atomic E-state index is -0.794.